The van der Waals surface area contributed by atoms with Crippen LogP contribution in [0.1, 0.15) is 45.1 Å². The Morgan fingerprint density at radius 1 is 1.09 bits per heavy atom. The van der Waals surface area contributed by atoms with Crippen LogP contribution in [0, 0.1) is 0 Å². The Kier molecular flexibility index (Phi) is 6.39. The van der Waals surface area contributed by atoms with Crippen LogP contribution in [-0.4, -0.2) is 28.9 Å². The molecule has 0 aliphatic heterocycles. The zero-order chi connectivity index (χ0) is 16.7. The number of pyridine rings is 1. The lowest BCUT2D eigenvalue weighted by molar-refractivity contribution is -0.130. The highest BCUT2D eigenvalue weighted by molar-refractivity contribution is 5.82. The van der Waals surface area contributed by atoms with Crippen LogP contribution in [0.2, 0.25) is 0 Å². The fraction of sp³-hybridized carbons (Fsp3) is 0.474. The molecule has 0 spiro atoms. The maximum absolute atomic E-state index is 12.6. The number of hydrogen-bond acceptors (Lipinski definition) is 2. The Hall–Kier alpha value is -2.10. The molecule has 23 heavy (non-hydrogen) atoms. The van der Waals surface area contributed by atoms with E-state index < -0.39 is 0 Å². The summed E-state index contributed by atoms with van der Waals surface area (Å²) >= 11 is 0. The second-order valence-electron chi connectivity index (χ2n) is 5.98. The Morgan fingerprint density at radius 3 is 2.39 bits per heavy atom. The smallest absolute Gasteiger partial charge is 0.252 e. The molecule has 0 unspecified atom stereocenters. The molecule has 0 aliphatic rings. The molecule has 2 aromatic rings. The van der Waals surface area contributed by atoms with Gasteiger partial charge in [-0.3, -0.25) is 9.59 Å². The van der Waals surface area contributed by atoms with Gasteiger partial charge in [0.2, 0.25) is 5.91 Å². The molecule has 1 amide bonds. The van der Waals surface area contributed by atoms with E-state index in [1.807, 2.05) is 35.2 Å². The van der Waals surface area contributed by atoms with E-state index in [2.05, 4.69) is 18.8 Å². The Bertz CT molecular complexity index is 698. The molecule has 1 aromatic carbocycles. The maximum Gasteiger partial charge on any atom is 0.252 e. The highest BCUT2D eigenvalue weighted by atomic mass is 16.2. The fourth-order valence-electron chi connectivity index (χ4n) is 2.66. The second-order valence-corrected chi connectivity index (χ2v) is 5.98. The van der Waals surface area contributed by atoms with Crippen molar-refractivity contribution >= 4 is 16.8 Å². The SMILES string of the molecule is CCCCN(CCCC)C(=O)Cc1cc2ccccc2[nH]c1=O. The van der Waals surface area contributed by atoms with Crippen LogP contribution >= 0.6 is 0 Å². The Balaban J connectivity index is 2.16. The molecule has 0 radical (unpaired) electrons. The number of carbonyl (C=O) groups is 1. The van der Waals surface area contributed by atoms with Gasteiger partial charge in [0.25, 0.3) is 5.56 Å². The van der Waals surface area contributed by atoms with Gasteiger partial charge >= 0.3 is 0 Å². The van der Waals surface area contributed by atoms with E-state index in [-0.39, 0.29) is 17.9 Å². The average molecular weight is 314 g/mol. The van der Waals surface area contributed by atoms with E-state index in [9.17, 15) is 9.59 Å². The number of aromatic amines is 1. The summed E-state index contributed by atoms with van der Waals surface area (Å²) in [4.78, 5) is 29.5. The first kappa shape index (κ1) is 17.3. The lowest BCUT2D eigenvalue weighted by atomic mass is 10.1. The van der Waals surface area contributed by atoms with Crippen LogP contribution in [0.3, 0.4) is 0 Å². The molecular formula is C19H26N2O2. The molecule has 2 rings (SSSR count). The number of H-pyrrole nitrogens is 1. The minimum absolute atomic E-state index is 0.0488. The summed E-state index contributed by atoms with van der Waals surface area (Å²) in [6.45, 7) is 5.80. The first-order chi connectivity index (χ1) is 11.2. The summed E-state index contributed by atoms with van der Waals surface area (Å²) in [5.41, 5.74) is 1.19. The van der Waals surface area contributed by atoms with Crippen molar-refractivity contribution in [2.75, 3.05) is 13.1 Å². The third-order valence-corrected chi connectivity index (χ3v) is 4.09. The second kappa shape index (κ2) is 8.51. The minimum Gasteiger partial charge on any atom is -0.342 e. The lowest BCUT2D eigenvalue weighted by Crippen LogP contribution is -2.35. The predicted octanol–water partition coefficient (Wildman–Crippen LogP) is 3.50. The number of nitrogens with zero attached hydrogens (tertiary/aromatic N) is 1. The van der Waals surface area contributed by atoms with Crippen LogP contribution in [0.4, 0.5) is 0 Å². The standard InChI is InChI=1S/C19H26N2O2/c1-3-5-11-21(12-6-4-2)18(22)14-16-13-15-9-7-8-10-17(15)20-19(16)23/h7-10,13H,3-6,11-12,14H2,1-2H3,(H,20,23). The zero-order valence-electron chi connectivity index (χ0n) is 14.1. The maximum atomic E-state index is 12.6. The summed E-state index contributed by atoms with van der Waals surface area (Å²) in [6.07, 6.45) is 4.31. The molecule has 0 atom stereocenters. The van der Waals surface area contributed by atoms with E-state index in [0.29, 0.717) is 5.56 Å². The van der Waals surface area contributed by atoms with Gasteiger partial charge in [0, 0.05) is 24.2 Å². The third kappa shape index (κ3) is 4.68. The molecule has 1 heterocycles. The summed E-state index contributed by atoms with van der Waals surface area (Å²) in [7, 11) is 0. The number of carbonyl (C=O) groups excluding carboxylic acids is 1. The number of fused-ring (bicyclic) bond motifs is 1. The van der Waals surface area contributed by atoms with Gasteiger partial charge in [-0.2, -0.15) is 0 Å². The highest BCUT2D eigenvalue weighted by Crippen LogP contribution is 2.11. The molecular weight excluding hydrogens is 288 g/mol. The molecule has 1 aromatic heterocycles. The summed E-state index contributed by atoms with van der Waals surface area (Å²) < 4.78 is 0. The molecule has 0 saturated carbocycles. The number of amides is 1. The van der Waals surface area contributed by atoms with Crippen molar-refractivity contribution in [3.05, 3.63) is 46.2 Å². The van der Waals surface area contributed by atoms with Crippen molar-refractivity contribution in [3.8, 4) is 0 Å². The van der Waals surface area contributed by atoms with E-state index >= 15 is 0 Å². The summed E-state index contributed by atoms with van der Waals surface area (Å²) in [5, 5.41) is 0.962. The zero-order valence-corrected chi connectivity index (χ0v) is 14.1. The largest absolute Gasteiger partial charge is 0.342 e. The quantitative estimate of drug-likeness (QED) is 0.811. The van der Waals surface area contributed by atoms with E-state index in [1.165, 1.54) is 0 Å². The molecule has 4 nitrogen and oxygen atoms in total. The van der Waals surface area contributed by atoms with Gasteiger partial charge < -0.3 is 9.88 Å². The normalized spacial score (nSPS) is 10.9. The van der Waals surface area contributed by atoms with Gasteiger partial charge in [0.15, 0.2) is 0 Å². The lowest BCUT2D eigenvalue weighted by Gasteiger charge is -2.22. The molecule has 1 N–H and O–H groups in total. The van der Waals surface area contributed by atoms with Crippen LogP contribution in [0.5, 0.6) is 0 Å². The van der Waals surface area contributed by atoms with E-state index in [1.54, 1.807) is 0 Å². The topological polar surface area (TPSA) is 53.2 Å². The molecule has 0 saturated heterocycles. The minimum atomic E-state index is -0.164. The number of aromatic nitrogens is 1. The average Bonchev–Trinajstić information content (AvgIpc) is 2.55. The summed E-state index contributed by atoms with van der Waals surface area (Å²) in [6, 6.07) is 9.48. The third-order valence-electron chi connectivity index (χ3n) is 4.09. The van der Waals surface area contributed by atoms with Crippen LogP contribution in [0.15, 0.2) is 35.1 Å². The van der Waals surface area contributed by atoms with Gasteiger partial charge in [-0.05, 0) is 30.4 Å². The van der Waals surface area contributed by atoms with Crippen molar-refractivity contribution in [3.63, 3.8) is 0 Å². The molecule has 124 valence electrons. The fourth-order valence-corrected chi connectivity index (χ4v) is 2.66. The van der Waals surface area contributed by atoms with Gasteiger partial charge in [0.05, 0.1) is 6.42 Å². The number of hydrogen-bond donors (Lipinski definition) is 1. The number of rotatable bonds is 8. The van der Waals surface area contributed by atoms with Gasteiger partial charge in [-0.25, -0.2) is 0 Å². The predicted molar refractivity (Wildman–Crippen MR) is 94.7 cm³/mol. The van der Waals surface area contributed by atoms with Crippen molar-refractivity contribution in [2.24, 2.45) is 0 Å². The first-order valence-corrected chi connectivity index (χ1v) is 8.54. The van der Waals surface area contributed by atoms with Gasteiger partial charge in [0.1, 0.15) is 0 Å². The summed E-state index contributed by atoms with van der Waals surface area (Å²) in [5.74, 6) is 0.0488. The monoisotopic (exact) mass is 314 g/mol. The number of unbranched alkanes of at least 4 members (excludes halogenated alkanes) is 2. The van der Waals surface area contributed by atoms with Gasteiger partial charge in [-0.15, -0.1) is 0 Å². The molecule has 0 bridgehead atoms. The van der Waals surface area contributed by atoms with E-state index in [0.717, 1.165) is 49.7 Å². The number of benzene rings is 1. The molecule has 0 fully saturated rings. The van der Waals surface area contributed by atoms with Crippen molar-refractivity contribution in [1.29, 1.82) is 0 Å². The number of nitrogens with one attached hydrogen (secondary N) is 1. The van der Waals surface area contributed by atoms with Crippen LogP contribution in [0.25, 0.3) is 10.9 Å². The van der Waals surface area contributed by atoms with Crippen molar-refractivity contribution < 1.29 is 4.79 Å². The molecule has 0 aliphatic carbocycles. The van der Waals surface area contributed by atoms with Crippen LogP contribution < -0.4 is 5.56 Å². The van der Waals surface area contributed by atoms with Gasteiger partial charge in [-0.1, -0.05) is 44.9 Å². The number of para-hydroxylation sites is 1. The van der Waals surface area contributed by atoms with Crippen LogP contribution in [-0.2, 0) is 11.2 Å². The first-order valence-electron chi connectivity index (χ1n) is 8.54. The van der Waals surface area contributed by atoms with E-state index in [4.69, 9.17) is 0 Å². The van der Waals surface area contributed by atoms with Crippen molar-refractivity contribution in [2.45, 2.75) is 46.0 Å². The van der Waals surface area contributed by atoms with Crippen molar-refractivity contribution in [1.82, 2.24) is 9.88 Å². The Morgan fingerprint density at radius 2 is 1.74 bits per heavy atom. The molecule has 4 heteroatoms. The Labute approximate surface area is 137 Å². The highest BCUT2D eigenvalue weighted by Gasteiger charge is 2.15.